The first-order chi connectivity index (χ1) is 10.7. The molecule has 1 amide bonds. The van der Waals surface area contributed by atoms with Crippen LogP contribution in [0.15, 0.2) is 29.2 Å². The van der Waals surface area contributed by atoms with Gasteiger partial charge in [0.05, 0.1) is 24.1 Å². The molecule has 1 aliphatic rings. The lowest BCUT2D eigenvalue weighted by molar-refractivity contribution is 0.0778. The first-order valence-electron chi connectivity index (χ1n) is 7.06. The molecule has 6 nitrogen and oxygen atoms in total. The molecular weight excluding hydrogens is 330 g/mol. The zero-order chi connectivity index (χ0) is 17.2. The monoisotopic (exact) mass is 348 g/mol. The number of sulfonamides is 1. The van der Waals surface area contributed by atoms with Crippen molar-refractivity contribution >= 4 is 15.9 Å². The van der Waals surface area contributed by atoms with Crippen molar-refractivity contribution in [2.24, 2.45) is 0 Å². The van der Waals surface area contributed by atoms with Gasteiger partial charge in [-0.1, -0.05) is 0 Å². The summed E-state index contributed by atoms with van der Waals surface area (Å²) in [5.41, 5.74) is 0.153. The molecule has 23 heavy (non-hydrogen) atoms. The minimum atomic E-state index is -3.79. The second kappa shape index (κ2) is 6.90. The smallest absolute Gasteiger partial charge is 0.254 e. The Balaban J connectivity index is 2.09. The quantitative estimate of drug-likeness (QED) is 0.810. The predicted molar refractivity (Wildman–Crippen MR) is 79.0 cm³/mol. The van der Waals surface area contributed by atoms with Crippen molar-refractivity contribution in [3.63, 3.8) is 0 Å². The van der Waals surface area contributed by atoms with Crippen LogP contribution in [-0.4, -0.2) is 62.4 Å². The van der Waals surface area contributed by atoms with Crippen LogP contribution in [-0.2, 0) is 10.0 Å². The number of hydrogen-bond donors (Lipinski definition) is 2. The molecule has 1 saturated heterocycles. The van der Waals surface area contributed by atoms with Crippen molar-refractivity contribution in [3.05, 3.63) is 29.8 Å². The summed E-state index contributed by atoms with van der Waals surface area (Å²) in [4.78, 5) is 13.1. The highest BCUT2D eigenvalue weighted by molar-refractivity contribution is 7.89. The van der Waals surface area contributed by atoms with Crippen LogP contribution in [0, 0.1) is 0 Å². The SMILES string of the molecule is CC(O)CNS(=O)(=O)c1ccc(C(=O)N2C[C@@H](F)[C@@H](F)C2)cc1. The fraction of sp³-hybridized carbons (Fsp3) is 0.500. The molecule has 0 spiro atoms. The van der Waals surface area contributed by atoms with Crippen LogP contribution in [0.25, 0.3) is 0 Å². The molecule has 1 unspecified atom stereocenters. The molecule has 0 aromatic heterocycles. The lowest BCUT2D eigenvalue weighted by Gasteiger charge is -2.15. The van der Waals surface area contributed by atoms with Crippen LogP contribution in [0.3, 0.4) is 0 Å². The van der Waals surface area contributed by atoms with E-state index in [9.17, 15) is 22.0 Å². The van der Waals surface area contributed by atoms with Gasteiger partial charge in [0, 0.05) is 12.1 Å². The average Bonchev–Trinajstić information content (AvgIpc) is 2.84. The number of carbonyl (C=O) groups excluding carboxylic acids is 1. The first-order valence-corrected chi connectivity index (χ1v) is 8.54. The third-order valence-electron chi connectivity index (χ3n) is 3.45. The molecule has 0 saturated carbocycles. The third-order valence-corrected chi connectivity index (χ3v) is 4.89. The highest BCUT2D eigenvalue weighted by atomic mass is 32.2. The lowest BCUT2D eigenvalue weighted by atomic mass is 10.2. The number of nitrogens with one attached hydrogen (secondary N) is 1. The van der Waals surface area contributed by atoms with Crippen molar-refractivity contribution in [3.8, 4) is 0 Å². The maximum atomic E-state index is 13.1. The summed E-state index contributed by atoms with van der Waals surface area (Å²) in [5, 5.41) is 9.11. The van der Waals surface area contributed by atoms with Crippen molar-refractivity contribution in [2.75, 3.05) is 19.6 Å². The zero-order valence-corrected chi connectivity index (χ0v) is 13.3. The minimum Gasteiger partial charge on any atom is -0.392 e. The Morgan fingerprint density at radius 2 is 1.83 bits per heavy atom. The van der Waals surface area contributed by atoms with Crippen molar-refractivity contribution in [1.82, 2.24) is 9.62 Å². The normalized spacial score (nSPS) is 23.0. The zero-order valence-electron chi connectivity index (χ0n) is 12.4. The van der Waals surface area contributed by atoms with E-state index in [0.717, 1.165) is 4.90 Å². The molecule has 1 aliphatic heterocycles. The Hall–Kier alpha value is -1.58. The summed E-state index contributed by atoms with van der Waals surface area (Å²) < 4.78 is 52.4. The van der Waals surface area contributed by atoms with Crippen LogP contribution in [0.5, 0.6) is 0 Å². The van der Waals surface area contributed by atoms with Gasteiger partial charge in [0.1, 0.15) is 0 Å². The van der Waals surface area contributed by atoms with Crippen molar-refractivity contribution in [1.29, 1.82) is 0 Å². The van der Waals surface area contributed by atoms with Gasteiger partial charge in [-0.3, -0.25) is 4.79 Å². The largest absolute Gasteiger partial charge is 0.392 e. The Morgan fingerprint density at radius 1 is 1.30 bits per heavy atom. The van der Waals surface area contributed by atoms with E-state index in [1.807, 2.05) is 0 Å². The number of halogens is 2. The van der Waals surface area contributed by atoms with Crippen LogP contribution in [0.4, 0.5) is 8.78 Å². The number of nitrogens with zero attached hydrogens (tertiary/aromatic N) is 1. The molecule has 0 aliphatic carbocycles. The lowest BCUT2D eigenvalue weighted by Crippen LogP contribution is -2.31. The number of likely N-dealkylation sites (tertiary alicyclic amines) is 1. The number of aliphatic hydroxyl groups excluding tert-OH is 1. The number of alkyl halides is 2. The van der Waals surface area contributed by atoms with Gasteiger partial charge in [-0.05, 0) is 31.2 Å². The predicted octanol–water partition coefficient (Wildman–Crippen LogP) is 0.478. The number of carbonyl (C=O) groups is 1. The van der Waals surface area contributed by atoms with E-state index in [4.69, 9.17) is 5.11 Å². The average molecular weight is 348 g/mol. The van der Waals surface area contributed by atoms with Gasteiger partial charge < -0.3 is 10.0 Å². The Morgan fingerprint density at radius 3 is 2.30 bits per heavy atom. The van der Waals surface area contributed by atoms with E-state index in [2.05, 4.69) is 4.72 Å². The standard InChI is InChI=1S/C14H18F2N2O4S/c1-9(19)6-17-23(21,22)11-4-2-10(3-5-11)14(20)18-7-12(15)13(16)8-18/h2-5,9,12-13,17,19H,6-8H2,1H3/t9?,12-,13+. The molecule has 9 heteroatoms. The Bertz CT molecular complexity index is 654. The van der Waals surface area contributed by atoms with E-state index in [1.54, 1.807) is 0 Å². The fourth-order valence-corrected chi connectivity index (χ4v) is 3.28. The van der Waals surface area contributed by atoms with Gasteiger partial charge in [0.25, 0.3) is 5.91 Å². The highest BCUT2D eigenvalue weighted by Gasteiger charge is 2.35. The number of hydrogen-bond acceptors (Lipinski definition) is 4. The van der Waals surface area contributed by atoms with Gasteiger partial charge in [-0.15, -0.1) is 0 Å². The minimum absolute atomic E-state index is 0.0668. The molecule has 0 radical (unpaired) electrons. The number of amides is 1. The molecule has 1 aromatic rings. The number of aliphatic hydroxyl groups is 1. The van der Waals surface area contributed by atoms with Crippen molar-refractivity contribution < 1.29 is 27.1 Å². The summed E-state index contributed by atoms with van der Waals surface area (Å²) in [6.45, 7) is 0.690. The van der Waals surface area contributed by atoms with Crippen LogP contribution < -0.4 is 4.72 Å². The summed E-state index contributed by atoms with van der Waals surface area (Å²) >= 11 is 0. The van der Waals surface area contributed by atoms with E-state index in [0.29, 0.717) is 0 Å². The number of benzene rings is 1. The summed E-state index contributed by atoms with van der Waals surface area (Å²) in [6, 6.07) is 5.04. The van der Waals surface area contributed by atoms with Gasteiger partial charge in [0.15, 0.2) is 12.3 Å². The van der Waals surface area contributed by atoms with E-state index in [1.165, 1.54) is 31.2 Å². The van der Waals surface area contributed by atoms with E-state index < -0.39 is 34.4 Å². The first kappa shape index (κ1) is 17.8. The molecule has 1 heterocycles. The summed E-state index contributed by atoms with van der Waals surface area (Å²) in [6.07, 6.45) is -4.21. The van der Waals surface area contributed by atoms with Gasteiger partial charge in [-0.2, -0.15) is 0 Å². The molecule has 3 atom stereocenters. The van der Waals surface area contributed by atoms with Gasteiger partial charge in [-0.25, -0.2) is 21.9 Å². The van der Waals surface area contributed by atoms with E-state index >= 15 is 0 Å². The van der Waals surface area contributed by atoms with Gasteiger partial charge in [0.2, 0.25) is 10.0 Å². The Kier molecular flexibility index (Phi) is 5.33. The topological polar surface area (TPSA) is 86.7 Å². The second-order valence-electron chi connectivity index (χ2n) is 5.47. The highest BCUT2D eigenvalue weighted by Crippen LogP contribution is 2.20. The molecule has 2 rings (SSSR count). The van der Waals surface area contributed by atoms with E-state index in [-0.39, 0.29) is 30.1 Å². The molecule has 1 fully saturated rings. The molecular formula is C14H18F2N2O4S. The van der Waals surface area contributed by atoms with Crippen LogP contribution in [0.2, 0.25) is 0 Å². The molecule has 1 aromatic carbocycles. The van der Waals surface area contributed by atoms with Crippen molar-refractivity contribution in [2.45, 2.75) is 30.3 Å². The van der Waals surface area contributed by atoms with Crippen LogP contribution >= 0.6 is 0 Å². The van der Waals surface area contributed by atoms with Crippen LogP contribution in [0.1, 0.15) is 17.3 Å². The Labute approximate surface area is 133 Å². The third kappa shape index (κ3) is 4.24. The fourth-order valence-electron chi connectivity index (χ4n) is 2.16. The number of rotatable bonds is 5. The maximum Gasteiger partial charge on any atom is 0.254 e. The molecule has 2 N–H and O–H groups in total. The second-order valence-corrected chi connectivity index (χ2v) is 7.23. The van der Waals surface area contributed by atoms with Gasteiger partial charge >= 0.3 is 0 Å². The molecule has 0 bridgehead atoms. The summed E-state index contributed by atoms with van der Waals surface area (Å²) in [7, 11) is -3.79. The molecule has 128 valence electrons. The summed E-state index contributed by atoms with van der Waals surface area (Å²) in [5.74, 6) is -0.548. The maximum absolute atomic E-state index is 13.1.